The lowest BCUT2D eigenvalue weighted by Gasteiger charge is -2.08. The Kier molecular flexibility index (Phi) is 3.49. The maximum atomic E-state index is 5.77. The van der Waals surface area contributed by atoms with Gasteiger partial charge in [0.15, 0.2) is 0 Å². The molecule has 0 radical (unpaired) electrons. The van der Waals surface area contributed by atoms with Gasteiger partial charge in [0, 0.05) is 0 Å². The number of hydrazine groups is 1. The first-order chi connectivity index (χ1) is 9.76. The van der Waals surface area contributed by atoms with Crippen molar-refractivity contribution in [1.82, 2.24) is 9.97 Å². The van der Waals surface area contributed by atoms with E-state index in [4.69, 9.17) is 10.6 Å². The number of nitrogens with zero attached hydrogens (tertiary/aromatic N) is 2. The van der Waals surface area contributed by atoms with E-state index in [1.165, 1.54) is 0 Å². The molecule has 0 aliphatic carbocycles. The van der Waals surface area contributed by atoms with E-state index in [1.807, 2.05) is 36.4 Å². The average Bonchev–Trinajstić information content (AvgIpc) is 2.49. The van der Waals surface area contributed by atoms with Gasteiger partial charge in [-0.15, -0.1) is 0 Å². The fourth-order valence-electron chi connectivity index (χ4n) is 1.84. The predicted octanol–water partition coefficient (Wildman–Crippen LogP) is 3.47. The van der Waals surface area contributed by atoms with Gasteiger partial charge in [0.1, 0.15) is 5.75 Å². The van der Waals surface area contributed by atoms with Crippen LogP contribution in [-0.2, 0) is 0 Å². The van der Waals surface area contributed by atoms with Gasteiger partial charge in [0.05, 0.1) is 10.7 Å². The molecule has 0 saturated carbocycles. The van der Waals surface area contributed by atoms with Crippen LogP contribution in [0.3, 0.4) is 0 Å². The molecule has 0 atom stereocenters. The van der Waals surface area contributed by atoms with Gasteiger partial charge in [-0.3, -0.25) is 5.43 Å². The summed E-state index contributed by atoms with van der Waals surface area (Å²) in [6.45, 7) is 0. The number of hydrogen-bond donors (Lipinski definition) is 2. The maximum absolute atomic E-state index is 5.77. The third-order valence-corrected chi connectivity index (χ3v) is 3.32. The summed E-state index contributed by atoms with van der Waals surface area (Å²) in [4.78, 5) is 8.12. The van der Waals surface area contributed by atoms with E-state index in [2.05, 4.69) is 37.4 Å². The van der Waals surface area contributed by atoms with E-state index in [0.717, 1.165) is 10.8 Å². The summed E-state index contributed by atoms with van der Waals surface area (Å²) >= 11 is 3.35. The molecule has 3 N–H and O–H groups in total. The molecule has 0 saturated heterocycles. The molecule has 3 rings (SSSR count). The molecule has 1 aromatic heterocycles. The monoisotopic (exact) mass is 330 g/mol. The molecule has 0 unspecified atom stereocenters. The zero-order valence-corrected chi connectivity index (χ0v) is 12.0. The summed E-state index contributed by atoms with van der Waals surface area (Å²) in [5.41, 5.74) is 2.39. The van der Waals surface area contributed by atoms with Crippen LogP contribution in [0.4, 0.5) is 5.95 Å². The number of nitrogens with two attached hydrogens (primary N) is 1. The van der Waals surface area contributed by atoms with Crippen molar-refractivity contribution in [2.45, 2.75) is 0 Å². The molecule has 2 aromatic carbocycles. The van der Waals surface area contributed by atoms with E-state index < -0.39 is 0 Å². The van der Waals surface area contributed by atoms with Crippen LogP contribution < -0.4 is 16.0 Å². The summed E-state index contributed by atoms with van der Waals surface area (Å²) in [5.74, 6) is 6.69. The van der Waals surface area contributed by atoms with Gasteiger partial charge < -0.3 is 4.74 Å². The molecule has 0 fully saturated rings. The molecule has 0 aliphatic heterocycles. The number of fused-ring (bicyclic) bond motifs is 1. The van der Waals surface area contributed by atoms with Crippen LogP contribution in [0.25, 0.3) is 10.8 Å². The number of halogens is 1. The smallest absolute Gasteiger partial charge is 0.240 e. The molecule has 20 heavy (non-hydrogen) atoms. The molecule has 6 heteroatoms. The number of ether oxygens (including phenoxy) is 1. The molecule has 100 valence electrons. The molecule has 3 aromatic rings. The van der Waals surface area contributed by atoms with Crippen LogP contribution >= 0.6 is 15.9 Å². The summed E-state index contributed by atoms with van der Waals surface area (Å²) in [5, 5.41) is 2.26. The fraction of sp³-hybridized carbons (Fsp3) is 0. The zero-order chi connectivity index (χ0) is 13.9. The zero-order valence-electron chi connectivity index (χ0n) is 10.4. The van der Waals surface area contributed by atoms with Crippen LogP contribution in [0.15, 0.2) is 53.1 Å². The first-order valence-electron chi connectivity index (χ1n) is 5.92. The standard InChI is InChI=1S/C14H11BrN4O/c15-12-8-17-14(19-16)18-13(12)20-11-6-5-9-3-1-2-4-10(9)7-11/h1-8H,16H2,(H,17,18,19). The normalized spacial score (nSPS) is 10.5. The van der Waals surface area contributed by atoms with Crippen molar-refractivity contribution in [2.24, 2.45) is 5.84 Å². The number of rotatable bonds is 3. The summed E-state index contributed by atoms with van der Waals surface area (Å²) in [7, 11) is 0. The molecular formula is C14H11BrN4O. The second-order valence-electron chi connectivity index (χ2n) is 4.10. The van der Waals surface area contributed by atoms with Crippen molar-refractivity contribution in [3.05, 3.63) is 53.1 Å². The topological polar surface area (TPSA) is 73.1 Å². The fourth-order valence-corrected chi connectivity index (χ4v) is 2.11. The van der Waals surface area contributed by atoms with Gasteiger partial charge in [-0.05, 0) is 38.8 Å². The lowest BCUT2D eigenvalue weighted by Crippen LogP contribution is -2.10. The quantitative estimate of drug-likeness (QED) is 0.568. The first-order valence-corrected chi connectivity index (χ1v) is 6.71. The lowest BCUT2D eigenvalue weighted by atomic mass is 10.1. The maximum Gasteiger partial charge on any atom is 0.240 e. The molecule has 0 bridgehead atoms. The Bertz CT molecular complexity index is 763. The molecular weight excluding hydrogens is 320 g/mol. The van der Waals surface area contributed by atoms with Crippen LogP contribution in [0.5, 0.6) is 11.6 Å². The molecule has 0 spiro atoms. The summed E-state index contributed by atoms with van der Waals surface area (Å²) < 4.78 is 6.42. The van der Waals surface area contributed by atoms with Gasteiger partial charge in [0.2, 0.25) is 11.8 Å². The van der Waals surface area contributed by atoms with E-state index in [0.29, 0.717) is 22.1 Å². The highest BCUT2D eigenvalue weighted by Crippen LogP contribution is 2.29. The Labute approximate surface area is 123 Å². The van der Waals surface area contributed by atoms with Gasteiger partial charge in [-0.1, -0.05) is 30.3 Å². The van der Waals surface area contributed by atoms with Crippen LogP contribution in [-0.4, -0.2) is 9.97 Å². The summed E-state index contributed by atoms with van der Waals surface area (Å²) in [6.07, 6.45) is 1.58. The second kappa shape index (κ2) is 5.44. The minimum atomic E-state index is 0.295. The molecule has 0 aliphatic rings. The highest BCUT2D eigenvalue weighted by Gasteiger charge is 2.07. The van der Waals surface area contributed by atoms with Crippen molar-refractivity contribution >= 4 is 32.7 Å². The highest BCUT2D eigenvalue weighted by molar-refractivity contribution is 9.10. The van der Waals surface area contributed by atoms with Gasteiger partial charge in [-0.2, -0.15) is 4.98 Å². The van der Waals surface area contributed by atoms with Crippen molar-refractivity contribution in [1.29, 1.82) is 0 Å². The largest absolute Gasteiger partial charge is 0.438 e. The number of hydrogen-bond acceptors (Lipinski definition) is 5. The third-order valence-electron chi connectivity index (χ3n) is 2.78. The predicted molar refractivity (Wildman–Crippen MR) is 81.6 cm³/mol. The van der Waals surface area contributed by atoms with E-state index in [-0.39, 0.29) is 0 Å². The van der Waals surface area contributed by atoms with Crippen molar-refractivity contribution in [3.63, 3.8) is 0 Å². The Balaban J connectivity index is 1.96. The molecule has 5 nitrogen and oxygen atoms in total. The van der Waals surface area contributed by atoms with Gasteiger partial charge in [0.25, 0.3) is 0 Å². The SMILES string of the molecule is NNc1ncc(Br)c(Oc2ccc3ccccc3c2)n1. The second-order valence-corrected chi connectivity index (χ2v) is 4.96. The molecule has 1 heterocycles. The van der Waals surface area contributed by atoms with E-state index in [9.17, 15) is 0 Å². The van der Waals surface area contributed by atoms with Crippen molar-refractivity contribution in [2.75, 3.05) is 5.43 Å². The Morgan fingerprint density at radius 2 is 1.90 bits per heavy atom. The minimum absolute atomic E-state index is 0.295. The minimum Gasteiger partial charge on any atom is -0.438 e. The Hall–Kier alpha value is -2.18. The number of aromatic nitrogens is 2. The van der Waals surface area contributed by atoms with Crippen LogP contribution in [0.1, 0.15) is 0 Å². The first kappa shape index (κ1) is 12.8. The van der Waals surface area contributed by atoms with Crippen LogP contribution in [0, 0.1) is 0 Å². The number of nitrogen functional groups attached to an aromatic ring is 1. The van der Waals surface area contributed by atoms with E-state index >= 15 is 0 Å². The van der Waals surface area contributed by atoms with Crippen molar-refractivity contribution < 1.29 is 4.74 Å². The Morgan fingerprint density at radius 1 is 1.10 bits per heavy atom. The lowest BCUT2D eigenvalue weighted by molar-refractivity contribution is 0.459. The van der Waals surface area contributed by atoms with Crippen molar-refractivity contribution in [3.8, 4) is 11.6 Å². The highest BCUT2D eigenvalue weighted by atomic mass is 79.9. The third kappa shape index (κ3) is 2.56. The summed E-state index contributed by atoms with van der Waals surface area (Å²) in [6, 6.07) is 13.9. The van der Waals surface area contributed by atoms with Gasteiger partial charge >= 0.3 is 0 Å². The Morgan fingerprint density at radius 3 is 2.70 bits per heavy atom. The van der Waals surface area contributed by atoms with E-state index in [1.54, 1.807) is 6.20 Å². The molecule has 0 amide bonds. The average molecular weight is 331 g/mol. The number of anilines is 1. The van der Waals surface area contributed by atoms with Gasteiger partial charge in [-0.25, -0.2) is 10.8 Å². The number of nitrogens with one attached hydrogen (secondary N) is 1. The number of benzene rings is 2. The van der Waals surface area contributed by atoms with Crippen LogP contribution in [0.2, 0.25) is 0 Å².